The zero-order valence-corrected chi connectivity index (χ0v) is 15.5. The fraction of sp³-hybridized carbons (Fsp3) is 0.0500. The summed E-state index contributed by atoms with van der Waals surface area (Å²) >= 11 is 0. The molecule has 0 unspecified atom stereocenters. The second kappa shape index (κ2) is 9.02. The van der Waals surface area contributed by atoms with E-state index in [-0.39, 0.29) is 27.8 Å². The molecule has 0 nitrogen and oxygen atoms in total. The van der Waals surface area contributed by atoms with Crippen LogP contribution in [0.25, 0.3) is 0 Å². The third kappa shape index (κ3) is 4.38. The Bertz CT molecular complexity index is 624. The topological polar surface area (TPSA) is 0 Å². The van der Waals surface area contributed by atoms with Crippen molar-refractivity contribution >= 4 is 23.8 Å². The Balaban J connectivity index is 0.00000121. The van der Waals surface area contributed by atoms with Gasteiger partial charge < -0.3 is 7.43 Å². The van der Waals surface area contributed by atoms with Gasteiger partial charge in [0, 0.05) is 20.4 Å². The monoisotopic (exact) mass is 398 g/mol. The Kier molecular flexibility index (Phi) is 7.71. The van der Waals surface area contributed by atoms with Gasteiger partial charge in [0.15, 0.2) is 0 Å². The zero-order valence-electron chi connectivity index (χ0n) is 12.9. The summed E-state index contributed by atoms with van der Waals surface area (Å²) in [6.07, 6.45) is 0. The van der Waals surface area contributed by atoms with Crippen LogP contribution in [-0.2, 0) is 20.4 Å². The summed E-state index contributed by atoms with van der Waals surface area (Å²) in [6, 6.07) is 30.7. The van der Waals surface area contributed by atoms with Crippen molar-refractivity contribution in [1.82, 2.24) is 0 Å². The van der Waals surface area contributed by atoms with Crippen molar-refractivity contribution in [3.8, 4) is 0 Å². The Labute approximate surface area is 149 Å². The summed E-state index contributed by atoms with van der Waals surface area (Å²) in [5.74, 6) is 0. The molecule has 0 atom stereocenters. The van der Waals surface area contributed by atoms with Crippen molar-refractivity contribution < 1.29 is 20.4 Å². The van der Waals surface area contributed by atoms with Crippen LogP contribution in [0.4, 0.5) is 0 Å². The van der Waals surface area contributed by atoms with Gasteiger partial charge in [-0.15, -0.1) is 0 Å². The van der Waals surface area contributed by atoms with E-state index < -0.39 is 7.92 Å². The van der Waals surface area contributed by atoms with Gasteiger partial charge in [-0.1, -0.05) is 54.1 Å². The minimum absolute atomic E-state index is 0. The normalized spacial score (nSPS) is 9.73. The van der Waals surface area contributed by atoms with Crippen LogP contribution in [0.3, 0.4) is 0 Å². The van der Waals surface area contributed by atoms with Gasteiger partial charge in [0.2, 0.25) is 0 Å². The molecule has 3 aromatic rings. The molecule has 0 fully saturated rings. The van der Waals surface area contributed by atoms with E-state index in [1.807, 2.05) is 0 Å². The first-order valence-electron chi connectivity index (χ1n) is 6.89. The van der Waals surface area contributed by atoms with Gasteiger partial charge in [0.05, 0.1) is 7.92 Å². The maximum absolute atomic E-state index is 2.28. The fourth-order valence-corrected chi connectivity index (χ4v) is 4.98. The third-order valence-electron chi connectivity index (χ3n) is 3.47. The van der Waals surface area contributed by atoms with E-state index in [4.69, 9.17) is 0 Å². The molecule has 0 saturated carbocycles. The van der Waals surface area contributed by atoms with E-state index in [0.29, 0.717) is 0 Å². The van der Waals surface area contributed by atoms with Crippen molar-refractivity contribution in [2.75, 3.05) is 0 Å². The van der Waals surface area contributed by atoms with E-state index in [1.165, 1.54) is 21.5 Å². The van der Waals surface area contributed by atoms with E-state index >= 15 is 0 Å². The molecule has 0 N–H and O–H groups in total. The maximum Gasteiger partial charge on any atom is 0.102 e. The summed E-state index contributed by atoms with van der Waals surface area (Å²) in [5, 5.41) is 4.32. The van der Waals surface area contributed by atoms with Crippen LogP contribution in [0.1, 0.15) is 5.56 Å². The van der Waals surface area contributed by atoms with Gasteiger partial charge in [-0.2, -0.15) is 0 Å². The molecule has 0 aliphatic carbocycles. The number of rotatable bonds is 3. The molecule has 0 aromatic heterocycles. The predicted octanol–water partition coefficient (Wildman–Crippen LogP) is 3.93. The van der Waals surface area contributed by atoms with Gasteiger partial charge in [-0.25, -0.2) is 0 Å². The average Bonchev–Trinajstić information content (AvgIpc) is 2.52. The summed E-state index contributed by atoms with van der Waals surface area (Å²) in [5.41, 5.74) is 1.32. The number of benzene rings is 3. The zero-order chi connectivity index (χ0) is 13.8. The van der Waals surface area contributed by atoms with Crippen LogP contribution < -0.4 is 15.9 Å². The number of hydrogen-bond acceptors (Lipinski definition) is 0. The molecule has 0 bridgehead atoms. The van der Waals surface area contributed by atoms with Gasteiger partial charge in [0.25, 0.3) is 0 Å². The van der Waals surface area contributed by atoms with Crippen LogP contribution >= 0.6 is 7.92 Å². The van der Waals surface area contributed by atoms with Crippen LogP contribution in [0.5, 0.6) is 0 Å². The Morgan fingerprint density at radius 3 is 1.32 bits per heavy atom. The van der Waals surface area contributed by atoms with Crippen molar-refractivity contribution in [1.29, 1.82) is 0 Å². The van der Waals surface area contributed by atoms with Crippen molar-refractivity contribution in [2.24, 2.45) is 0 Å². The van der Waals surface area contributed by atoms with Gasteiger partial charge in [0.1, 0.15) is 15.9 Å². The molecule has 0 aliphatic heterocycles. The second-order valence-corrected chi connectivity index (χ2v) is 7.46. The van der Waals surface area contributed by atoms with E-state index in [2.05, 4.69) is 91.9 Å². The average molecular weight is 399 g/mol. The van der Waals surface area contributed by atoms with Crippen molar-refractivity contribution in [3.63, 3.8) is 0 Å². The Morgan fingerprint density at radius 2 is 0.909 bits per heavy atom. The molecule has 0 saturated heterocycles. The van der Waals surface area contributed by atoms with Crippen LogP contribution in [-0.4, -0.2) is 0 Å². The fourth-order valence-electron chi connectivity index (χ4n) is 2.43. The largest absolute Gasteiger partial charge is 0.358 e. The van der Waals surface area contributed by atoms with Crippen molar-refractivity contribution in [2.45, 2.75) is 6.92 Å². The molecular weight excluding hydrogens is 378 g/mol. The van der Waals surface area contributed by atoms with E-state index in [0.717, 1.165) is 0 Å². The number of aryl methyl sites for hydroxylation is 1. The summed E-state index contributed by atoms with van der Waals surface area (Å²) in [4.78, 5) is 0. The molecule has 3 aromatic carbocycles. The standard InChI is InChI=1S/C19H17P.CH3.Pd/c1-16-12-14-19(15-13-16)20(17-8-4-2-5-9-17)18-10-6-3-7-11-18;;/h2-15H,1H3;1H3;/q;-1;/p+1. The summed E-state index contributed by atoms with van der Waals surface area (Å²) in [7, 11) is -0.894. The quantitative estimate of drug-likeness (QED) is 0.356. The molecular formula is C20H21PPd. The molecule has 2 heteroatoms. The summed E-state index contributed by atoms with van der Waals surface area (Å²) < 4.78 is 0. The second-order valence-electron chi connectivity index (χ2n) is 4.97. The molecule has 116 valence electrons. The van der Waals surface area contributed by atoms with Crippen LogP contribution in [0.2, 0.25) is 0 Å². The first kappa shape index (κ1) is 18.8. The Morgan fingerprint density at radius 1 is 0.545 bits per heavy atom. The van der Waals surface area contributed by atoms with E-state index in [9.17, 15) is 0 Å². The van der Waals surface area contributed by atoms with E-state index in [1.54, 1.807) is 0 Å². The van der Waals surface area contributed by atoms with Gasteiger partial charge in [-0.3, -0.25) is 0 Å². The summed E-state index contributed by atoms with van der Waals surface area (Å²) in [6.45, 7) is 2.14. The van der Waals surface area contributed by atoms with Gasteiger partial charge in [-0.05, 0) is 43.3 Å². The molecule has 3 rings (SSSR count). The third-order valence-corrected chi connectivity index (χ3v) is 6.20. The molecule has 0 heterocycles. The maximum atomic E-state index is 2.28. The molecule has 0 radical (unpaired) electrons. The smallest absolute Gasteiger partial charge is 0.102 e. The van der Waals surface area contributed by atoms with Crippen LogP contribution in [0.15, 0.2) is 84.9 Å². The first-order chi connectivity index (χ1) is 9.84. The Hall–Kier alpha value is -1.25. The predicted molar refractivity (Wildman–Crippen MR) is 97.7 cm³/mol. The molecule has 0 amide bonds. The SMILES string of the molecule is Cc1ccc([PH+](c2ccccc2)c2ccccc2)cc1.[CH3-].[Pd]. The first-order valence-corrected chi connectivity index (χ1v) is 8.39. The number of hydrogen-bond donors (Lipinski definition) is 0. The minimum atomic E-state index is -0.894. The minimum Gasteiger partial charge on any atom is -0.358 e. The molecule has 0 spiro atoms. The molecule has 22 heavy (non-hydrogen) atoms. The van der Waals surface area contributed by atoms with Crippen molar-refractivity contribution in [3.05, 3.63) is 97.9 Å². The van der Waals surface area contributed by atoms with Crippen LogP contribution in [0, 0.1) is 14.4 Å². The van der Waals surface area contributed by atoms with Gasteiger partial charge >= 0.3 is 0 Å². The molecule has 0 aliphatic rings.